The van der Waals surface area contributed by atoms with Crippen LogP contribution in [0, 0.1) is 11.7 Å². The quantitative estimate of drug-likeness (QED) is 0.485. The first kappa shape index (κ1) is 23.9. The maximum absolute atomic E-state index is 13.9. The summed E-state index contributed by atoms with van der Waals surface area (Å²) in [5.41, 5.74) is -0.274. The van der Waals surface area contributed by atoms with Gasteiger partial charge in [0.1, 0.15) is 5.82 Å². The number of sulfonamides is 1. The molecule has 1 aromatic heterocycles. The van der Waals surface area contributed by atoms with Crippen molar-refractivity contribution in [2.24, 2.45) is 5.92 Å². The maximum atomic E-state index is 13.9. The zero-order valence-corrected chi connectivity index (χ0v) is 19.0. The second-order valence-electron chi connectivity index (χ2n) is 8.27. The van der Waals surface area contributed by atoms with Crippen LogP contribution in [0.2, 0.25) is 0 Å². The molecule has 0 spiro atoms. The van der Waals surface area contributed by atoms with Crippen LogP contribution in [0.5, 0.6) is 0 Å². The van der Waals surface area contributed by atoms with Crippen molar-refractivity contribution in [1.82, 2.24) is 10.2 Å². The molecule has 2 aromatic carbocycles. The van der Waals surface area contributed by atoms with Gasteiger partial charge in [0.05, 0.1) is 16.2 Å². The Morgan fingerprint density at radius 3 is 2.35 bits per heavy atom. The zero-order valence-electron chi connectivity index (χ0n) is 18.2. The zero-order chi connectivity index (χ0) is 24.5. The van der Waals surface area contributed by atoms with Gasteiger partial charge in [-0.3, -0.25) is 4.72 Å². The molecule has 0 amide bonds. The Morgan fingerprint density at radius 2 is 1.74 bits per heavy atom. The Labute approximate surface area is 194 Å². The van der Waals surface area contributed by atoms with Crippen molar-refractivity contribution >= 4 is 21.5 Å². The molecule has 1 N–H and O–H groups in total. The van der Waals surface area contributed by atoms with E-state index in [0.29, 0.717) is 35.4 Å². The van der Waals surface area contributed by atoms with Gasteiger partial charge in [0.15, 0.2) is 5.82 Å². The smallest absolute Gasteiger partial charge is 0.355 e. The number of hydrogen-bond acceptors (Lipinski definition) is 5. The molecule has 1 aliphatic heterocycles. The van der Waals surface area contributed by atoms with Crippen LogP contribution in [0.25, 0.3) is 11.3 Å². The van der Waals surface area contributed by atoms with Crippen LogP contribution in [-0.2, 0) is 16.2 Å². The Morgan fingerprint density at radius 1 is 1.00 bits per heavy atom. The number of anilines is 2. The molecule has 0 saturated carbocycles. The van der Waals surface area contributed by atoms with Gasteiger partial charge < -0.3 is 4.90 Å². The summed E-state index contributed by atoms with van der Waals surface area (Å²) in [6.07, 6.45) is -2.74. The molecule has 0 aliphatic carbocycles. The fourth-order valence-electron chi connectivity index (χ4n) is 3.73. The monoisotopic (exact) mass is 494 g/mol. The average Bonchev–Trinajstić information content (AvgIpc) is 2.79. The highest BCUT2D eigenvalue weighted by molar-refractivity contribution is 7.92. The molecule has 0 bridgehead atoms. The molecule has 11 heteroatoms. The Kier molecular flexibility index (Phi) is 6.48. The summed E-state index contributed by atoms with van der Waals surface area (Å²) in [7, 11) is -4.32. The van der Waals surface area contributed by atoms with Gasteiger partial charge in [-0.2, -0.15) is 13.2 Å². The normalized spacial score (nSPS) is 15.4. The molecule has 1 aliphatic rings. The Hall–Kier alpha value is -3.21. The lowest BCUT2D eigenvalue weighted by molar-refractivity contribution is -0.140. The van der Waals surface area contributed by atoms with Gasteiger partial charge in [0, 0.05) is 24.3 Å². The van der Waals surface area contributed by atoms with Gasteiger partial charge in [0.2, 0.25) is 0 Å². The first-order valence-corrected chi connectivity index (χ1v) is 12.1. The number of piperidine rings is 1. The van der Waals surface area contributed by atoms with E-state index in [0.717, 1.165) is 31.7 Å². The minimum Gasteiger partial charge on any atom is -0.355 e. The topological polar surface area (TPSA) is 75.2 Å². The van der Waals surface area contributed by atoms with E-state index in [-0.39, 0.29) is 5.69 Å². The SMILES string of the molecule is CC1CCN(c2ccc(-c3cccc(NS(=O)(=O)c4ccc(C(F)(F)F)c(F)c4)c3)nn2)CC1. The van der Waals surface area contributed by atoms with Gasteiger partial charge in [0.25, 0.3) is 10.0 Å². The predicted molar refractivity (Wildman–Crippen MR) is 120 cm³/mol. The number of rotatable bonds is 5. The Balaban J connectivity index is 1.52. The molecule has 0 unspecified atom stereocenters. The summed E-state index contributed by atoms with van der Waals surface area (Å²) in [5.74, 6) is -0.200. The van der Waals surface area contributed by atoms with Crippen LogP contribution >= 0.6 is 0 Å². The second kappa shape index (κ2) is 9.21. The lowest BCUT2D eigenvalue weighted by Crippen LogP contribution is -2.33. The fourth-order valence-corrected chi connectivity index (χ4v) is 4.80. The summed E-state index contributed by atoms with van der Waals surface area (Å²) >= 11 is 0. The molecule has 2 heterocycles. The number of nitrogens with one attached hydrogen (secondary N) is 1. The lowest BCUT2D eigenvalue weighted by atomic mass is 9.99. The van der Waals surface area contributed by atoms with Crippen molar-refractivity contribution in [2.75, 3.05) is 22.7 Å². The molecular weight excluding hydrogens is 472 g/mol. The summed E-state index contributed by atoms with van der Waals surface area (Å²) in [5, 5.41) is 8.56. The summed E-state index contributed by atoms with van der Waals surface area (Å²) in [6.45, 7) is 4.05. The third-order valence-electron chi connectivity index (χ3n) is 5.72. The van der Waals surface area contributed by atoms with Crippen LogP contribution in [0.4, 0.5) is 29.1 Å². The third-order valence-corrected chi connectivity index (χ3v) is 7.10. The van der Waals surface area contributed by atoms with Crippen LogP contribution in [-0.4, -0.2) is 31.7 Å². The van der Waals surface area contributed by atoms with Crippen LogP contribution in [0.3, 0.4) is 0 Å². The van der Waals surface area contributed by atoms with E-state index in [9.17, 15) is 26.0 Å². The molecule has 6 nitrogen and oxygen atoms in total. The van der Waals surface area contributed by atoms with Crippen molar-refractivity contribution in [2.45, 2.75) is 30.8 Å². The van der Waals surface area contributed by atoms with Crippen molar-refractivity contribution in [3.8, 4) is 11.3 Å². The number of nitrogens with zero attached hydrogens (tertiary/aromatic N) is 3. The number of benzene rings is 2. The number of aromatic nitrogens is 2. The van der Waals surface area contributed by atoms with Crippen molar-refractivity contribution in [1.29, 1.82) is 0 Å². The Bertz CT molecular complexity index is 1270. The van der Waals surface area contributed by atoms with E-state index >= 15 is 0 Å². The highest BCUT2D eigenvalue weighted by Crippen LogP contribution is 2.33. The molecule has 0 atom stereocenters. The summed E-state index contributed by atoms with van der Waals surface area (Å²) in [4.78, 5) is 1.55. The second-order valence-corrected chi connectivity index (χ2v) is 9.95. The number of alkyl halides is 3. The fraction of sp³-hybridized carbons (Fsp3) is 0.304. The highest BCUT2D eigenvalue weighted by atomic mass is 32.2. The third kappa shape index (κ3) is 5.30. The average molecular weight is 495 g/mol. The van der Waals surface area contributed by atoms with E-state index in [2.05, 4.69) is 26.7 Å². The summed E-state index contributed by atoms with van der Waals surface area (Å²) < 4.78 is 79.6. The largest absolute Gasteiger partial charge is 0.419 e. The van der Waals surface area contributed by atoms with Gasteiger partial charge >= 0.3 is 6.18 Å². The van der Waals surface area contributed by atoms with E-state index in [4.69, 9.17) is 0 Å². The summed E-state index contributed by atoms with van der Waals surface area (Å²) in [6, 6.07) is 11.4. The molecule has 180 valence electrons. The number of halogens is 4. The van der Waals surface area contributed by atoms with Crippen molar-refractivity contribution in [3.63, 3.8) is 0 Å². The van der Waals surface area contributed by atoms with Gasteiger partial charge in [-0.1, -0.05) is 19.1 Å². The van der Waals surface area contributed by atoms with E-state index in [1.54, 1.807) is 18.2 Å². The molecule has 4 rings (SSSR count). The van der Waals surface area contributed by atoms with Gasteiger partial charge in [-0.05, 0) is 61.2 Å². The van der Waals surface area contributed by atoms with Crippen LogP contribution in [0.1, 0.15) is 25.3 Å². The van der Waals surface area contributed by atoms with Crippen molar-refractivity contribution in [3.05, 3.63) is 66.0 Å². The van der Waals surface area contributed by atoms with Crippen molar-refractivity contribution < 1.29 is 26.0 Å². The minimum absolute atomic E-state index is 0.147. The molecular formula is C23H22F4N4O2S. The predicted octanol–water partition coefficient (Wildman–Crippen LogP) is 5.34. The van der Waals surface area contributed by atoms with E-state index in [1.165, 1.54) is 12.1 Å². The highest BCUT2D eigenvalue weighted by Gasteiger charge is 2.34. The molecule has 34 heavy (non-hydrogen) atoms. The molecule has 1 fully saturated rings. The standard InChI is InChI=1S/C23H22F4N4O2S/c1-15-9-11-31(12-10-15)22-8-7-21(28-29-22)16-3-2-4-17(13-16)30-34(32,33)18-5-6-19(20(24)14-18)23(25,26)27/h2-8,13-15,30H,9-12H2,1H3. The molecule has 1 saturated heterocycles. The molecule has 3 aromatic rings. The van der Waals surface area contributed by atoms with Gasteiger partial charge in [-0.15, -0.1) is 10.2 Å². The van der Waals surface area contributed by atoms with Crippen LogP contribution < -0.4 is 9.62 Å². The first-order valence-electron chi connectivity index (χ1n) is 10.6. The lowest BCUT2D eigenvalue weighted by Gasteiger charge is -2.30. The van der Waals surface area contributed by atoms with E-state index in [1.807, 2.05) is 6.07 Å². The van der Waals surface area contributed by atoms with E-state index < -0.39 is 32.5 Å². The van der Waals surface area contributed by atoms with Gasteiger partial charge in [-0.25, -0.2) is 12.8 Å². The molecule has 0 radical (unpaired) electrons. The first-order chi connectivity index (χ1) is 16.0. The number of hydrogen-bond donors (Lipinski definition) is 1. The minimum atomic E-state index is -4.92. The van der Waals surface area contributed by atoms with Crippen LogP contribution in [0.15, 0.2) is 59.5 Å². The maximum Gasteiger partial charge on any atom is 0.419 e.